The van der Waals surface area contributed by atoms with Crippen LogP contribution in [0.5, 0.6) is 0 Å². The molecule has 0 spiro atoms. The van der Waals surface area contributed by atoms with E-state index in [1.54, 1.807) is 18.5 Å². The Morgan fingerprint density at radius 2 is 2.14 bits per heavy atom. The molecular weight excluding hydrogens is 367 g/mol. The number of nitrogens with zero attached hydrogens (tertiary/aromatic N) is 4. The lowest BCUT2D eigenvalue weighted by Gasteiger charge is -2.33. The quantitative estimate of drug-likeness (QED) is 0.709. The van der Waals surface area contributed by atoms with Crippen molar-refractivity contribution in [2.75, 3.05) is 11.9 Å². The van der Waals surface area contributed by atoms with Crippen LogP contribution in [-0.4, -0.2) is 37.4 Å². The minimum absolute atomic E-state index is 0.0661. The zero-order valence-electron chi connectivity index (χ0n) is 15.8. The molecule has 6 nitrogen and oxygen atoms in total. The zero-order valence-corrected chi connectivity index (χ0v) is 15.8. The van der Waals surface area contributed by atoms with Crippen molar-refractivity contribution in [2.24, 2.45) is 0 Å². The van der Waals surface area contributed by atoms with Crippen LogP contribution in [0.15, 0.2) is 78.7 Å². The van der Waals surface area contributed by atoms with E-state index in [4.69, 9.17) is 0 Å². The summed E-state index contributed by atoms with van der Waals surface area (Å²) in [6, 6.07) is 6.68. The molecule has 2 aliphatic heterocycles. The molecule has 0 aliphatic carbocycles. The van der Waals surface area contributed by atoms with Crippen molar-refractivity contribution in [3.63, 3.8) is 0 Å². The van der Waals surface area contributed by atoms with Gasteiger partial charge in [0.15, 0.2) is 11.5 Å². The minimum atomic E-state index is -0.242. The number of nitrogens with one attached hydrogen (secondary N) is 2. The summed E-state index contributed by atoms with van der Waals surface area (Å²) in [5, 5.41) is 3.47. The molecule has 0 fully saturated rings. The fraction of sp³-hybridized carbons (Fsp3) is 0.136. The number of aromatic nitrogens is 4. The Kier molecular flexibility index (Phi) is 4.20. The third-order valence-corrected chi connectivity index (χ3v) is 5.17. The molecule has 0 saturated heterocycles. The van der Waals surface area contributed by atoms with E-state index >= 15 is 0 Å². The number of fused-ring (bicyclic) bond motifs is 2. The van der Waals surface area contributed by atoms with Gasteiger partial charge in [0.2, 0.25) is 0 Å². The first-order valence-electron chi connectivity index (χ1n) is 9.42. The predicted molar refractivity (Wildman–Crippen MR) is 111 cm³/mol. The van der Waals surface area contributed by atoms with Crippen LogP contribution >= 0.6 is 0 Å². The topological polar surface area (TPSA) is 69.7 Å². The van der Waals surface area contributed by atoms with Gasteiger partial charge in [0.25, 0.3) is 0 Å². The summed E-state index contributed by atoms with van der Waals surface area (Å²) in [5.41, 5.74) is 5.52. The van der Waals surface area contributed by atoms with E-state index in [0.29, 0.717) is 18.0 Å². The number of halogens is 1. The van der Waals surface area contributed by atoms with E-state index < -0.39 is 0 Å². The maximum atomic E-state index is 13.9. The lowest BCUT2D eigenvalue weighted by molar-refractivity contribution is 0.526. The van der Waals surface area contributed by atoms with Crippen molar-refractivity contribution in [1.29, 1.82) is 0 Å². The molecule has 5 rings (SSSR count). The van der Waals surface area contributed by atoms with Crippen LogP contribution in [0.4, 0.5) is 10.2 Å². The molecule has 0 radical (unpaired) electrons. The van der Waals surface area contributed by atoms with Crippen LogP contribution in [0.2, 0.25) is 0 Å². The first kappa shape index (κ1) is 17.4. The molecule has 0 amide bonds. The molecule has 144 valence electrons. The highest BCUT2D eigenvalue weighted by atomic mass is 19.1. The normalized spacial score (nSPS) is 16.8. The number of hydrogen-bond acceptors (Lipinski definition) is 5. The molecule has 1 atom stereocenters. The average molecular weight is 386 g/mol. The van der Waals surface area contributed by atoms with Crippen LogP contribution in [0, 0.1) is 5.82 Å². The van der Waals surface area contributed by atoms with Crippen LogP contribution in [0.25, 0.3) is 16.7 Å². The number of allylic oxidation sites excluding steroid dienone is 3. The molecule has 0 bridgehead atoms. The Morgan fingerprint density at radius 3 is 3.03 bits per heavy atom. The maximum absolute atomic E-state index is 13.9. The molecule has 4 heterocycles. The summed E-state index contributed by atoms with van der Waals surface area (Å²) in [6.45, 7) is 2.74. The molecule has 1 unspecified atom stereocenters. The van der Waals surface area contributed by atoms with Gasteiger partial charge in [-0.05, 0) is 54.0 Å². The number of imidazole rings is 1. The van der Waals surface area contributed by atoms with Gasteiger partial charge in [-0.15, -0.1) is 0 Å². The molecule has 2 aliphatic rings. The van der Waals surface area contributed by atoms with Crippen LogP contribution in [0.1, 0.15) is 12.5 Å². The highest BCUT2D eigenvalue weighted by Gasteiger charge is 2.24. The molecule has 1 aromatic carbocycles. The molecular formula is C22H19FN6. The number of benzene rings is 1. The van der Waals surface area contributed by atoms with E-state index in [0.717, 1.165) is 27.9 Å². The molecule has 29 heavy (non-hydrogen) atoms. The van der Waals surface area contributed by atoms with E-state index in [1.165, 1.54) is 12.4 Å². The monoisotopic (exact) mass is 386 g/mol. The molecule has 3 aromatic rings. The van der Waals surface area contributed by atoms with E-state index in [-0.39, 0.29) is 11.9 Å². The Bertz CT molecular complexity index is 1200. The number of rotatable bonds is 4. The fourth-order valence-corrected chi connectivity index (χ4v) is 3.75. The van der Waals surface area contributed by atoms with Crippen molar-refractivity contribution in [1.82, 2.24) is 24.8 Å². The Morgan fingerprint density at radius 1 is 1.21 bits per heavy atom. The first-order chi connectivity index (χ1) is 14.2. The predicted octanol–water partition coefficient (Wildman–Crippen LogP) is 4.03. The van der Waals surface area contributed by atoms with Gasteiger partial charge >= 0.3 is 0 Å². The second-order valence-electron chi connectivity index (χ2n) is 7.03. The number of anilines is 1. The van der Waals surface area contributed by atoms with Crippen molar-refractivity contribution in [3.8, 4) is 0 Å². The van der Waals surface area contributed by atoms with E-state index in [9.17, 15) is 4.39 Å². The summed E-state index contributed by atoms with van der Waals surface area (Å²) in [4.78, 5) is 18.0. The van der Waals surface area contributed by atoms with Crippen molar-refractivity contribution < 1.29 is 4.39 Å². The van der Waals surface area contributed by atoms with E-state index in [2.05, 4.69) is 49.2 Å². The zero-order chi connectivity index (χ0) is 19.8. The highest BCUT2D eigenvalue weighted by molar-refractivity contribution is 5.83. The van der Waals surface area contributed by atoms with Crippen molar-refractivity contribution in [2.45, 2.75) is 13.0 Å². The largest absolute Gasteiger partial charge is 0.362 e. The minimum Gasteiger partial charge on any atom is -0.362 e. The highest BCUT2D eigenvalue weighted by Crippen LogP contribution is 2.33. The van der Waals surface area contributed by atoms with Gasteiger partial charge in [-0.1, -0.05) is 18.2 Å². The molecule has 7 heteroatoms. The average Bonchev–Trinajstić information content (AvgIpc) is 3.23. The third-order valence-electron chi connectivity index (χ3n) is 5.17. The van der Waals surface area contributed by atoms with Crippen molar-refractivity contribution >= 4 is 22.6 Å². The number of aromatic amines is 1. The Balaban J connectivity index is 1.58. The molecule has 2 aromatic heterocycles. The Labute approximate surface area is 167 Å². The van der Waals surface area contributed by atoms with Gasteiger partial charge in [0.1, 0.15) is 17.7 Å². The molecule has 2 N–H and O–H groups in total. The van der Waals surface area contributed by atoms with Gasteiger partial charge < -0.3 is 15.2 Å². The first-order valence-corrected chi connectivity index (χ1v) is 9.42. The SMILES string of the molecule is CC(Nc1ncnc2nc[nH]c12)C1=C(c2cccc(F)c2)CN2C=CC=CC2=C1. The van der Waals surface area contributed by atoms with Gasteiger partial charge in [0.05, 0.1) is 12.4 Å². The standard InChI is InChI=1S/C22H19FN6/c1-14(28-22-20-21(25-12-24-20)26-13-27-22)18-10-17-7-2-3-8-29(17)11-19(18)15-5-4-6-16(23)9-15/h2-10,12-14H,11H2,1H3,(H2,24,25,26,27,28). The maximum Gasteiger partial charge on any atom is 0.182 e. The summed E-state index contributed by atoms with van der Waals surface area (Å²) in [7, 11) is 0. The summed E-state index contributed by atoms with van der Waals surface area (Å²) < 4.78 is 13.9. The van der Waals surface area contributed by atoms with Gasteiger partial charge in [-0.2, -0.15) is 0 Å². The van der Waals surface area contributed by atoms with E-state index in [1.807, 2.05) is 24.4 Å². The van der Waals surface area contributed by atoms with Crippen LogP contribution in [0.3, 0.4) is 0 Å². The molecule has 0 saturated carbocycles. The van der Waals surface area contributed by atoms with Crippen molar-refractivity contribution in [3.05, 3.63) is 90.1 Å². The lowest BCUT2D eigenvalue weighted by atomic mass is 9.91. The lowest BCUT2D eigenvalue weighted by Crippen LogP contribution is -2.29. The second-order valence-corrected chi connectivity index (χ2v) is 7.03. The summed E-state index contributed by atoms with van der Waals surface area (Å²) >= 11 is 0. The second kappa shape index (κ2) is 7.01. The smallest absolute Gasteiger partial charge is 0.182 e. The van der Waals surface area contributed by atoms with Gasteiger partial charge in [-0.3, -0.25) is 0 Å². The summed E-state index contributed by atoms with van der Waals surface area (Å²) in [6.07, 6.45) is 13.4. The fourth-order valence-electron chi connectivity index (χ4n) is 3.75. The third kappa shape index (κ3) is 3.20. The van der Waals surface area contributed by atoms with Crippen LogP contribution in [-0.2, 0) is 0 Å². The Hall–Kier alpha value is -3.74. The van der Waals surface area contributed by atoms with Gasteiger partial charge in [0, 0.05) is 18.4 Å². The number of H-pyrrole nitrogens is 1. The summed E-state index contributed by atoms with van der Waals surface area (Å²) in [5.74, 6) is 0.444. The van der Waals surface area contributed by atoms with Crippen LogP contribution < -0.4 is 5.32 Å². The van der Waals surface area contributed by atoms with Gasteiger partial charge in [-0.25, -0.2) is 19.3 Å². The number of hydrogen-bond donors (Lipinski definition) is 2.